The fourth-order valence-electron chi connectivity index (χ4n) is 2.66. The highest BCUT2D eigenvalue weighted by Gasteiger charge is 2.20. The van der Waals surface area contributed by atoms with E-state index in [1.165, 1.54) is 5.56 Å². The SMILES string of the molecule is CCNC(C)c1cc(Br)ccc1OC1CCN(C)CC1. The number of likely N-dealkylation sites (tertiary alicyclic amines) is 1. The molecule has 20 heavy (non-hydrogen) atoms. The van der Waals surface area contributed by atoms with E-state index in [0.29, 0.717) is 12.1 Å². The van der Waals surface area contributed by atoms with Crippen LogP contribution in [0.4, 0.5) is 0 Å². The van der Waals surface area contributed by atoms with Crippen LogP contribution in [0.25, 0.3) is 0 Å². The van der Waals surface area contributed by atoms with E-state index in [1.807, 2.05) is 0 Å². The molecule has 0 radical (unpaired) electrons. The molecule has 1 N–H and O–H groups in total. The molecule has 1 aliphatic rings. The first-order valence-electron chi connectivity index (χ1n) is 7.48. The van der Waals surface area contributed by atoms with Crippen molar-refractivity contribution in [2.24, 2.45) is 0 Å². The first kappa shape index (κ1) is 15.8. The van der Waals surface area contributed by atoms with Crippen LogP contribution in [0.3, 0.4) is 0 Å². The van der Waals surface area contributed by atoms with Crippen molar-refractivity contribution in [1.29, 1.82) is 0 Å². The van der Waals surface area contributed by atoms with Gasteiger partial charge in [0.2, 0.25) is 0 Å². The van der Waals surface area contributed by atoms with Crippen LogP contribution in [0.5, 0.6) is 5.75 Å². The number of hydrogen-bond acceptors (Lipinski definition) is 3. The van der Waals surface area contributed by atoms with E-state index in [1.54, 1.807) is 0 Å². The Morgan fingerprint density at radius 2 is 2.10 bits per heavy atom. The van der Waals surface area contributed by atoms with Crippen LogP contribution in [-0.2, 0) is 0 Å². The first-order valence-corrected chi connectivity index (χ1v) is 8.27. The minimum atomic E-state index is 0.304. The molecule has 1 unspecified atom stereocenters. The van der Waals surface area contributed by atoms with E-state index in [0.717, 1.165) is 42.7 Å². The number of rotatable bonds is 5. The number of nitrogens with zero attached hydrogens (tertiary/aromatic N) is 1. The van der Waals surface area contributed by atoms with Crippen molar-refractivity contribution in [3.63, 3.8) is 0 Å². The Hall–Kier alpha value is -0.580. The molecule has 0 bridgehead atoms. The highest BCUT2D eigenvalue weighted by Crippen LogP contribution is 2.30. The zero-order chi connectivity index (χ0) is 14.5. The lowest BCUT2D eigenvalue weighted by molar-refractivity contribution is 0.113. The van der Waals surface area contributed by atoms with Gasteiger partial charge in [0.1, 0.15) is 11.9 Å². The Balaban J connectivity index is 2.10. The van der Waals surface area contributed by atoms with Crippen LogP contribution >= 0.6 is 15.9 Å². The molecule has 3 nitrogen and oxygen atoms in total. The van der Waals surface area contributed by atoms with Crippen molar-refractivity contribution < 1.29 is 4.74 Å². The quantitative estimate of drug-likeness (QED) is 0.886. The lowest BCUT2D eigenvalue weighted by Gasteiger charge is -2.30. The minimum absolute atomic E-state index is 0.304. The summed E-state index contributed by atoms with van der Waals surface area (Å²) in [5.41, 5.74) is 1.24. The van der Waals surface area contributed by atoms with Crippen LogP contribution in [0.2, 0.25) is 0 Å². The van der Waals surface area contributed by atoms with Crippen LogP contribution < -0.4 is 10.1 Å². The third kappa shape index (κ3) is 4.21. The van der Waals surface area contributed by atoms with E-state index in [4.69, 9.17) is 4.74 Å². The second-order valence-corrected chi connectivity index (χ2v) is 6.50. The third-order valence-corrected chi connectivity index (χ3v) is 4.40. The monoisotopic (exact) mass is 340 g/mol. The molecule has 1 aliphatic heterocycles. The van der Waals surface area contributed by atoms with Gasteiger partial charge in [0.15, 0.2) is 0 Å². The van der Waals surface area contributed by atoms with Crippen LogP contribution in [0.1, 0.15) is 38.3 Å². The van der Waals surface area contributed by atoms with Gasteiger partial charge in [-0.3, -0.25) is 0 Å². The maximum Gasteiger partial charge on any atom is 0.124 e. The van der Waals surface area contributed by atoms with Crippen molar-refractivity contribution in [1.82, 2.24) is 10.2 Å². The Kier molecular flexibility index (Phi) is 5.87. The van der Waals surface area contributed by atoms with Crippen LogP contribution in [0, 0.1) is 0 Å². The van der Waals surface area contributed by atoms with E-state index < -0.39 is 0 Å². The minimum Gasteiger partial charge on any atom is -0.490 e. The van der Waals surface area contributed by atoms with E-state index >= 15 is 0 Å². The predicted octanol–water partition coefficient (Wildman–Crippen LogP) is 3.59. The van der Waals surface area contributed by atoms with Gasteiger partial charge >= 0.3 is 0 Å². The standard InChI is InChI=1S/C16H25BrN2O/c1-4-18-12(2)15-11-13(17)5-6-16(15)20-14-7-9-19(3)10-8-14/h5-6,11-12,14,18H,4,7-10H2,1-3H3. The van der Waals surface area contributed by atoms with Gasteiger partial charge in [-0.2, -0.15) is 0 Å². The molecule has 2 rings (SSSR count). The van der Waals surface area contributed by atoms with Gasteiger partial charge in [-0.15, -0.1) is 0 Å². The van der Waals surface area contributed by atoms with E-state index in [2.05, 4.69) is 65.2 Å². The molecule has 1 heterocycles. The molecule has 0 spiro atoms. The van der Waals surface area contributed by atoms with Crippen LogP contribution in [0.15, 0.2) is 22.7 Å². The van der Waals surface area contributed by atoms with Gasteiger partial charge in [-0.05, 0) is 51.6 Å². The number of halogens is 1. The van der Waals surface area contributed by atoms with Gasteiger partial charge in [0, 0.05) is 29.2 Å². The van der Waals surface area contributed by atoms with Crippen molar-refractivity contribution in [3.8, 4) is 5.75 Å². The summed E-state index contributed by atoms with van der Waals surface area (Å²) in [4.78, 5) is 2.36. The summed E-state index contributed by atoms with van der Waals surface area (Å²) in [6, 6.07) is 6.62. The fraction of sp³-hybridized carbons (Fsp3) is 0.625. The van der Waals surface area contributed by atoms with Crippen molar-refractivity contribution in [2.45, 2.75) is 38.8 Å². The highest BCUT2D eigenvalue weighted by atomic mass is 79.9. The molecule has 1 saturated heterocycles. The highest BCUT2D eigenvalue weighted by molar-refractivity contribution is 9.10. The van der Waals surface area contributed by atoms with Crippen LogP contribution in [-0.4, -0.2) is 37.7 Å². The van der Waals surface area contributed by atoms with Gasteiger partial charge in [0.25, 0.3) is 0 Å². The molecule has 112 valence electrons. The molecule has 0 aromatic heterocycles. The summed E-state index contributed by atoms with van der Waals surface area (Å²) in [6.45, 7) is 7.53. The normalized spacial score (nSPS) is 19.0. The summed E-state index contributed by atoms with van der Waals surface area (Å²) in [5, 5.41) is 3.46. The molecule has 1 atom stereocenters. The molecule has 0 amide bonds. The molecule has 1 aromatic rings. The average Bonchev–Trinajstić information content (AvgIpc) is 2.43. The number of nitrogens with one attached hydrogen (secondary N) is 1. The molecular weight excluding hydrogens is 316 g/mol. The molecule has 1 fully saturated rings. The summed E-state index contributed by atoms with van der Waals surface area (Å²) in [5.74, 6) is 1.02. The molecular formula is C16H25BrN2O. The average molecular weight is 341 g/mol. The maximum atomic E-state index is 6.27. The second kappa shape index (κ2) is 7.43. The third-order valence-electron chi connectivity index (χ3n) is 3.91. The molecule has 0 saturated carbocycles. The lowest BCUT2D eigenvalue weighted by Crippen LogP contribution is -2.36. The van der Waals surface area contributed by atoms with Gasteiger partial charge < -0.3 is 15.0 Å². The number of benzene rings is 1. The van der Waals surface area contributed by atoms with Gasteiger partial charge in [-0.1, -0.05) is 22.9 Å². The Labute approximate surface area is 130 Å². The number of hydrogen-bond donors (Lipinski definition) is 1. The lowest BCUT2D eigenvalue weighted by atomic mass is 10.1. The van der Waals surface area contributed by atoms with E-state index in [9.17, 15) is 0 Å². The summed E-state index contributed by atoms with van der Waals surface area (Å²) >= 11 is 3.56. The fourth-order valence-corrected chi connectivity index (χ4v) is 3.04. The zero-order valence-electron chi connectivity index (χ0n) is 12.7. The molecule has 1 aromatic carbocycles. The zero-order valence-corrected chi connectivity index (χ0v) is 14.2. The Morgan fingerprint density at radius 3 is 2.75 bits per heavy atom. The summed E-state index contributed by atoms with van der Waals surface area (Å²) in [6.07, 6.45) is 2.57. The smallest absolute Gasteiger partial charge is 0.124 e. The largest absolute Gasteiger partial charge is 0.490 e. The predicted molar refractivity (Wildman–Crippen MR) is 87.4 cm³/mol. The summed E-state index contributed by atoms with van der Waals surface area (Å²) < 4.78 is 7.37. The Bertz CT molecular complexity index is 430. The van der Waals surface area contributed by atoms with Gasteiger partial charge in [0.05, 0.1) is 0 Å². The second-order valence-electron chi connectivity index (χ2n) is 5.58. The number of ether oxygens (including phenoxy) is 1. The molecule has 4 heteroatoms. The van der Waals surface area contributed by atoms with Crippen molar-refractivity contribution >= 4 is 15.9 Å². The summed E-state index contributed by atoms with van der Waals surface area (Å²) in [7, 11) is 2.18. The molecule has 0 aliphatic carbocycles. The number of piperidine rings is 1. The first-order chi connectivity index (χ1) is 9.60. The maximum absolute atomic E-state index is 6.27. The Morgan fingerprint density at radius 1 is 1.40 bits per heavy atom. The van der Waals surface area contributed by atoms with Crippen molar-refractivity contribution in [3.05, 3.63) is 28.2 Å². The van der Waals surface area contributed by atoms with Crippen molar-refractivity contribution in [2.75, 3.05) is 26.7 Å². The van der Waals surface area contributed by atoms with E-state index in [-0.39, 0.29) is 0 Å². The van der Waals surface area contributed by atoms with Gasteiger partial charge in [-0.25, -0.2) is 0 Å². The topological polar surface area (TPSA) is 24.5 Å².